The van der Waals surface area contributed by atoms with E-state index < -0.39 is 0 Å². The molecule has 0 aliphatic carbocycles. The van der Waals surface area contributed by atoms with E-state index in [4.69, 9.17) is 0 Å². The summed E-state index contributed by atoms with van der Waals surface area (Å²) in [5, 5.41) is 9.47. The predicted molar refractivity (Wildman–Crippen MR) is 71.3 cm³/mol. The summed E-state index contributed by atoms with van der Waals surface area (Å²) in [6, 6.07) is 8.97. The van der Waals surface area contributed by atoms with Crippen LogP contribution >= 0.6 is 0 Å². The third kappa shape index (κ3) is 2.24. The molecule has 88 valence electrons. The summed E-state index contributed by atoms with van der Waals surface area (Å²) < 4.78 is 0. The van der Waals surface area contributed by atoms with Gasteiger partial charge in [0.1, 0.15) is 0 Å². The lowest BCUT2D eigenvalue weighted by Crippen LogP contribution is -2.35. The van der Waals surface area contributed by atoms with Crippen molar-refractivity contribution >= 4 is 16.5 Å². The third-order valence-corrected chi connectivity index (χ3v) is 3.37. The van der Waals surface area contributed by atoms with Gasteiger partial charge in [0.05, 0.1) is 11.9 Å². The molecule has 2 N–H and O–H groups in total. The molecule has 0 atom stereocenters. The van der Waals surface area contributed by atoms with Gasteiger partial charge in [-0.1, -0.05) is 24.3 Å². The lowest BCUT2D eigenvalue weighted by atomic mass is 10.1. The van der Waals surface area contributed by atoms with E-state index in [-0.39, 0.29) is 0 Å². The molecule has 1 saturated heterocycles. The van der Waals surface area contributed by atoms with Crippen molar-refractivity contribution in [3.8, 4) is 0 Å². The number of nitrogens with zero attached hydrogens (tertiary/aromatic N) is 1. The molecule has 3 nitrogen and oxygen atoms in total. The SMILES string of the molecule is c1ccc2c(NC3CCNCC3)cncc2c1. The van der Waals surface area contributed by atoms with Gasteiger partial charge in [0, 0.05) is 23.0 Å². The maximum Gasteiger partial charge on any atom is 0.0608 e. The van der Waals surface area contributed by atoms with Gasteiger partial charge in [-0.05, 0) is 25.9 Å². The zero-order valence-corrected chi connectivity index (χ0v) is 9.82. The molecule has 1 aromatic carbocycles. The van der Waals surface area contributed by atoms with E-state index in [2.05, 4.69) is 39.9 Å². The second kappa shape index (κ2) is 4.72. The summed E-state index contributed by atoms with van der Waals surface area (Å²) in [6.07, 6.45) is 6.22. The van der Waals surface area contributed by atoms with Gasteiger partial charge in [0.15, 0.2) is 0 Å². The Balaban J connectivity index is 1.89. The van der Waals surface area contributed by atoms with E-state index in [0.717, 1.165) is 18.8 Å². The molecule has 0 spiro atoms. The van der Waals surface area contributed by atoms with Crippen LogP contribution in [0.25, 0.3) is 10.8 Å². The van der Waals surface area contributed by atoms with Gasteiger partial charge in [0.25, 0.3) is 0 Å². The highest BCUT2D eigenvalue weighted by atomic mass is 15.0. The maximum atomic E-state index is 4.30. The van der Waals surface area contributed by atoms with E-state index in [1.54, 1.807) is 0 Å². The minimum absolute atomic E-state index is 0.573. The van der Waals surface area contributed by atoms with Crippen LogP contribution in [0.5, 0.6) is 0 Å². The number of aromatic nitrogens is 1. The topological polar surface area (TPSA) is 37.0 Å². The summed E-state index contributed by atoms with van der Waals surface area (Å²) in [5.74, 6) is 0. The Morgan fingerprint density at radius 2 is 1.94 bits per heavy atom. The number of piperidine rings is 1. The molecule has 1 aliphatic rings. The predicted octanol–water partition coefficient (Wildman–Crippen LogP) is 2.40. The highest BCUT2D eigenvalue weighted by molar-refractivity contribution is 5.92. The molecule has 0 radical (unpaired) electrons. The molecule has 17 heavy (non-hydrogen) atoms. The minimum Gasteiger partial charge on any atom is -0.380 e. The molecule has 2 aromatic rings. The highest BCUT2D eigenvalue weighted by Crippen LogP contribution is 2.23. The standard InChI is InChI=1S/C14H17N3/c1-2-4-13-11(3-1)9-16-10-14(13)17-12-5-7-15-8-6-12/h1-4,9-10,12,15,17H,5-8H2. The van der Waals surface area contributed by atoms with Crippen LogP contribution in [0.4, 0.5) is 5.69 Å². The van der Waals surface area contributed by atoms with Crippen molar-refractivity contribution in [3.63, 3.8) is 0 Å². The fraction of sp³-hybridized carbons (Fsp3) is 0.357. The summed E-state index contributed by atoms with van der Waals surface area (Å²) in [7, 11) is 0. The van der Waals surface area contributed by atoms with Gasteiger partial charge < -0.3 is 10.6 Å². The molecule has 3 rings (SSSR count). The zero-order valence-electron chi connectivity index (χ0n) is 9.82. The Labute approximate surface area is 101 Å². The van der Waals surface area contributed by atoms with E-state index in [0.29, 0.717) is 6.04 Å². The Morgan fingerprint density at radius 1 is 1.12 bits per heavy atom. The van der Waals surface area contributed by atoms with E-state index >= 15 is 0 Å². The first-order valence-corrected chi connectivity index (χ1v) is 6.23. The van der Waals surface area contributed by atoms with Gasteiger partial charge in [0.2, 0.25) is 0 Å². The van der Waals surface area contributed by atoms with Crippen LogP contribution in [-0.4, -0.2) is 24.1 Å². The van der Waals surface area contributed by atoms with Gasteiger partial charge in [-0.25, -0.2) is 0 Å². The van der Waals surface area contributed by atoms with Crippen molar-refractivity contribution in [3.05, 3.63) is 36.7 Å². The van der Waals surface area contributed by atoms with Crippen LogP contribution < -0.4 is 10.6 Å². The van der Waals surface area contributed by atoms with Crippen molar-refractivity contribution in [1.29, 1.82) is 0 Å². The van der Waals surface area contributed by atoms with Crippen LogP contribution in [0.15, 0.2) is 36.7 Å². The van der Waals surface area contributed by atoms with Crippen molar-refractivity contribution in [2.75, 3.05) is 18.4 Å². The Bertz CT molecular complexity index is 498. The van der Waals surface area contributed by atoms with Crippen LogP contribution in [0.2, 0.25) is 0 Å². The largest absolute Gasteiger partial charge is 0.380 e. The Kier molecular flexibility index (Phi) is 2.92. The van der Waals surface area contributed by atoms with Gasteiger partial charge in [-0.3, -0.25) is 4.98 Å². The lowest BCUT2D eigenvalue weighted by Gasteiger charge is -2.25. The summed E-state index contributed by atoms with van der Waals surface area (Å²) in [4.78, 5) is 4.30. The average Bonchev–Trinajstić information content (AvgIpc) is 2.40. The molecule has 0 bridgehead atoms. The van der Waals surface area contributed by atoms with Gasteiger partial charge >= 0.3 is 0 Å². The first-order chi connectivity index (χ1) is 8.43. The normalized spacial score (nSPS) is 17.2. The monoisotopic (exact) mass is 227 g/mol. The quantitative estimate of drug-likeness (QED) is 0.827. The number of fused-ring (bicyclic) bond motifs is 1. The van der Waals surface area contributed by atoms with Crippen molar-refractivity contribution < 1.29 is 0 Å². The Hall–Kier alpha value is -1.61. The molecule has 3 heteroatoms. The van der Waals surface area contributed by atoms with Crippen LogP contribution in [-0.2, 0) is 0 Å². The fourth-order valence-electron chi connectivity index (χ4n) is 2.42. The molecule has 0 unspecified atom stereocenters. The third-order valence-electron chi connectivity index (χ3n) is 3.37. The first kappa shape index (κ1) is 10.5. The second-order valence-corrected chi connectivity index (χ2v) is 4.58. The van der Waals surface area contributed by atoms with Crippen LogP contribution in [0.1, 0.15) is 12.8 Å². The van der Waals surface area contributed by atoms with Gasteiger partial charge in [-0.2, -0.15) is 0 Å². The molecular weight excluding hydrogens is 210 g/mol. The molecule has 2 heterocycles. The second-order valence-electron chi connectivity index (χ2n) is 4.58. The van der Waals surface area contributed by atoms with Crippen molar-refractivity contribution in [2.24, 2.45) is 0 Å². The molecule has 1 aliphatic heterocycles. The zero-order chi connectivity index (χ0) is 11.5. The minimum atomic E-state index is 0.573. The Morgan fingerprint density at radius 3 is 2.82 bits per heavy atom. The number of rotatable bonds is 2. The summed E-state index contributed by atoms with van der Waals surface area (Å²) >= 11 is 0. The molecule has 0 saturated carbocycles. The number of hydrogen-bond acceptors (Lipinski definition) is 3. The van der Waals surface area contributed by atoms with E-state index in [1.165, 1.54) is 23.6 Å². The first-order valence-electron chi connectivity index (χ1n) is 6.23. The smallest absolute Gasteiger partial charge is 0.0608 e. The maximum absolute atomic E-state index is 4.30. The van der Waals surface area contributed by atoms with Crippen LogP contribution in [0, 0.1) is 0 Å². The summed E-state index contributed by atoms with van der Waals surface area (Å²) in [5.41, 5.74) is 1.16. The number of pyridine rings is 1. The number of anilines is 1. The van der Waals surface area contributed by atoms with E-state index in [1.807, 2.05) is 12.4 Å². The van der Waals surface area contributed by atoms with Gasteiger partial charge in [-0.15, -0.1) is 0 Å². The average molecular weight is 227 g/mol. The lowest BCUT2D eigenvalue weighted by molar-refractivity contribution is 0.479. The van der Waals surface area contributed by atoms with E-state index in [9.17, 15) is 0 Å². The number of hydrogen-bond donors (Lipinski definition) is 2. The van der Waals surface area contributed by atoms with Crippen LogP contribution in [0.3, 0.4) is 0 Å². The molecule has 0 amide bonds. The highest BCUT2D eigenvalue weighted by Gasteiger charge is 2.13. The molecule has 1 aromatic heterocycles. The van der Waals surface area contributed by atoms with Crippen molar-refractivity contribution in [1.82, 2.24) is 10.3 Å². The molecule has 1 fully saturated rings. The number of benzene rings is 1. The fourth-order valence-corrected chi connectivity index (χ4v) is 2.42. The van der Waals surface area contributed by atoms with Crippen molar-refractivity contribution in [2.45, 2.75) is 18.9 Å². The summed E-state index contributed by atoms with van der Waals surface area (Å²) in [6.45, 7) is 2.21. The number of nitrogens with one attached hydrogen (secondary N) is 2. The molecular formula is C14H17N3.